The maximum atomic E-state index is 13.7. The zero-order chi connectivity index (χ0) is 18.7. The summed E-state index contributed by atoms with van der Waals surface area (Å²) in [5.41, 5.74) is 0.901. The quantitative estimate of drug-likeness (QED) is 0.627. The van der Waals surface area contributed by atoms with Gasteiger partial charge in [0.15, 0.2) is 0 Å². The minimum atomic E-state index is -0.862. The van der Waals surface area contributed by atoms with Crippen LogP contribution in [0.5, 0.6) is 0 Å². The normalized spacial score (nSPS) is 16.2. The van der Waals surface area contributed by atoms with Gasteiger partial charge in [-0.05, 0) is 31.5 Å². The number of aromatic nitrogens is 3. The van der Waals surface area contributed by atoms with E-state index in [9.17, 15) is 13.6 Å². The summed E-state index contributed by atoms with van der Waals surface area (Å²) in [5, 5.41) is 7.03. The molecule has 1 aliphatic heterocycles. The lowest BCUT2D eigenvalue weighted by Crippen LogP contribution is -2.30. The second-order valence-corrected chi connectivity index (χ2v) is 5.63. The molecule has 9 heteroatoms. The number of carbonyl (C=O) groups is 1. The minimum absolute atomic E-state index is 0.0674. The van der Waals surface area contributed by atoms with Crippen molar-refractivity contribution in [2.75, 3.05) is 25.1 Å². The van der Waals surface area contributed by atoms with Crippen LogP contribution in [0.4, 0.5) is 14.7 Å². The topological polar surface area (TPSA) is 78.3 Å². The molecule has 0 amide bonds. The number of fused-ring (bicyclic) bond motifs is 1. The van der Waals surface area contributed by atoms with Gasteiger partial charge in [0.2, 0.25) is 5.95 Å². The molecule has 3 rings (SSSR count). The molecule has 1 atom stereocenters. The van der Waals surface area contributed by atoms with Crippen LogP contribution in [0.25, 0.3) is 0 Å². The standard InChI is InChI=1S/C17H18F2N4O3/c1-3-25-4-5-26-16(24)14-10(2)22-17-20-9-21-23(17)15(14)11-6-12(18)8-13(19)7-11/h6-9,15H,3-5H2,1-2H3,(H,20,21,22)/t15-/m1/s1. The highest BCUT2D eigenvalue weighted by Gasteiger charge is 2.34. The maximum absolute atomic E-state index is 13.7. The number of nitrogens with one attached hydrogen (secondary N) is 1. The molecule has 1 aromatic carbocycles. The van der Waals surface area contributed by atoms with Crippen molar-refractivity contribution in [1.82, 2.24) is 14.8 Å². The number of anilines is 1. The van der Waals surface area contributed by atoms with E-state index < -0.39 is 23.6 Å². The zero-order valence-corrected chi connectivity index (χ0v) is 14.3. The molecule has 0 radical (unpaired) electrons. The van der Waals surface area contributed by atoms with E-state index in [1.54, 1.807) is 6.92 Å². The van der Waals surface area contributed by atoms with Crippen LogP contribution in [0.2, 0.25) is 0 Å². The van der Waals surface area contributed by atoms with Gasteiger partial charge in [0.1, 0.15) is 30.6 Å². The first kappa shape index (κ1) is 18.0. The lowest BCUT2D eigenvalue weighted by Gasteiger charge is -2.28. The van der Waals surface area contributed by atoms with Gasteiger partial charge in [0, 0.05) is 18.4 Å². The Bertz CT molecular complexity index is 830. The maximum Gasteiger partial charge on any atom is 0.338 e. The average molecular weight is 364 g/mol. The second kappa shape index (κ2) is 7.61. The number of esters is 1. The molecule has 1 aliphatic rings. The predicted octanol–water partition coefficient (Wildman–Crippen LogP) is 2.42. The summed E-state index contributed by atoms with van der Waals surface area (Å²) in [4.78, 5) is 16.7. The molecule has 2 heterocycles. The number of rotatable bonds is 6. The molecule has 0 unspecified atom stereocenters. The molecule has 7 nitrogen and oxygen atoms in total. The fourth-order valence-electron chi connectivity index (χ4n) is 2.81. The van der Waals surface area contributed by atoms with Gasteiger partial charge in [-0.2, -0.15) is 10.1 Å². The van der Waals surface area contributed by atoms with Crippen LogP contribution in [0.15, 0.2) is 35.8 Å². The molecule has 0 saturated heterocycles. The Hall–Kier alpha value is -2.81. The monoisotopic (exact) mass is 364 g/mol. The number of ether oxygens (including phenoxy) is 2. The van der Waals surface area contributed by atoms with E-state index in [0.717, 1.165) is 18.2 Å². The molecule has 1 aromatic heterocycles. The molecule has 138 valence electrons. The number of benzene rings is 1. The van der Waals surface area contributed by atoms with Crippen molar-refractivity contribution in [3.63, 3.8) is 0 Å². The van der Waals surface area contributed by atoms with Crippen molar-refractivity contribution in [3.8, 4) is 0 Å². The van der Waals surface area contributed by atoms with Crippen LogP contribution in [0.3, 0.4) is 0 Å². The van der Waals surface area contributed by atoms with Crippen molar-refractivity contribution >= 4 is 11.9 Å². The van der Waals surface area contributed by atoms with Crippen LogP contribution in [-0.4, -0.2) is 40.6 Å². The lowest BCUT2D eigenvalue weighted by molar-refractivity contribution is -0.141. The van der Waals surface area contributed by atoms with Crippen LogP contribution < -0.4 is 5.32 Å². The molecule has 0 spiro atoms. The molecule has 0 fully saturated rings. The molecular weight excluding hydrogens is 346 g/mol. The third-order valence-corrected chi connectivity index (χ3v) is 3.88. The van der Waals surface area contributed by atoms with E-state index in [1.807, 2.05) is 6.92 Å². The van der Waals surface area contributed by atoms with E-state index in [-0.39, 0.29) is 24.4 Å². The number of allylic oxidation sites excluding steroid dienone is 1. The fourth-order valence-corrected chi connectivity index (χ4v) is 2.81. The number of hydrogen-bond acceptors (Lipinski definition) is 6. The number of carbonyl (C=O) groups excluding carboxylic acids is 1. The van der Waals surface area contributed by atoms with Gasteiger partial charge in [-0.1, -0.05) is 0 Å². The Morgan fingerprint density at radius 1 is 1.27 bits per heavy atom. The SMILES string of the molecule is CCOCCOC(=O)C1=C(C)Nc2ncnn2[C@@H]1c1cc(F)cc(F)c1. The summed E-state index contributed by atoms with van der Waals surface area (Å²) < 4.78 is 39.3. The number of halogens is 2. The molecule has 0 aliphatic carbocycles. The lowest BCUT2D eigenvalue weighted by atomic mass is 9.95. The molecule has 26 heavy (non-hydrogen) atoms. The highest BCUT2D eigenvalue weighted by atomic mass is 19.1. The van der Waals surface area contributed by atoms with Crippen molar-refractivity contribution in [2.24, 2.45) is 0 Å². The van der Waals surface area contributed by atoms with Gasteiger partial charge in [0.05, 0.1) is 12.2 Å². The van der Waals surface area contributed by atoms with E-state index >= 15 is 0 Å². The highest BCUT2D eigenvalue weighted by Crippen LogP contribution is 2.35. The summed E-state index contributed by atoms with van der Waals surface area (Å²) >= 11 is 0. The van der Waals surface area contributed by atoms with Crippen molar-refractivity contribution in [2.45, 2.75) is 19.9 Å². The third kappa shape index (κ3) is 3.57. The Kier molecular flexibility index (Phi) is 5.27. The summed E-state index contributed by atoms with van der Waals surface area (Å²) in [6, 6.07) is 2.22. The van der Waals surface area contributed by atoms with Crippen LogP contribution in [0, 0.1) is 11.6 Å². The first-order chi connectivity index (χ1) is 12.5. The summed E-state index contributed by atoms with van der Waals surface area (Å²) in [7, 11) is 0. The Balaban J connectivity index is 1.98. The zero-order valence-electron chi connectivity index (χ0n) is 14.3. The number of hydrogen-bond donors (Lipinski definition) is 1. The largest absolute Gasteiger partial charge is 0.460 e. The summed E-state index contributed by atoms with van der Waals surface area (Å²) in [5.74, 6) is -1.75. The minimum Gasteiger partial charge on any atom is -0.460 e. The average Bonchev–Trinajstić information content (AvgIpc) is 3.04. The summed E-state index contributed by atoms with van der Waals surface area (Å²) in [6.45, 7) is 4.34. The Labute approximate surface area is 148 Å². The molecular formula is C17H18F2N4O3. The van der Waals surface area contributed by atoms with Crippen LogP contribution in [0.1, 0.15) is 25.5 Å². The van der Waals surface area contributed by atoms with E-state index in [1.165, 1.54) is 11.0 Å². The van der Waals surface area contributed by atoms with E-state index in [4.69, 9.17) is 9.47 Å². The van der Waals surface area contributed by atoms with Crippen LogP contribution in [-0.2, 0) is 14.3 Å². The van der Waals surface area contributed by atoms with Gasteiger partial charge in [0.25, 0.3) is 0 Å². The second-order valence-electron chi connectivity index (χ2n) is 5.63. The Morgan fingerprint density at radius 2 is 2.00 bits per heavy atom. The first-order valence-corrected chi connectivity index (χ1v) is 8.09. The van der Waals surface area contributed by atoms with E-state index in [2.05, 4.69) is 15.4 Å². The van der Waals surface area contributed by atoms with Crippen molar-refractivity contribution < 1.29 is 23.0 Å². The van der Waals surface area contributed by atoms with Gasteiger partial charge in [-0.15, -0.1) is 0 Å². The predicted molar refractivity (Wildman–Crippen MR) is 88.3 cm³/mol. The van der Waals surface area contributed by atoms with Gasteiger partial charge in [-0.25, -0.2) is 18.3 Å². The third-order valence-electron chi connectivity index (χ3n) is 3.88. The van der Waals surface area contributed by atoms with E-state index in [0.29, 0.717) is 18.3 Å². The summed E-state index contributed by atoms with van der Waals surface area (Å²) in [6.07, 6.45) is 1.29. The smallest absolute Gasteiger partial charge is 0.338 e. The first-order valence-electron chi connectivity index (χ1n) is 8.09. The molecule has 1 N–H and O–H groups in total. The van der Waals surface area contributed by atoms with Gasteiger partial charge < -0.3 is 14.8 Å². The fraction of sp³-hybridized carbons (Fsp3) is 0.353. The van der Waals surface area contributed by atoms with Crippen LogP contribution >= 0.6 is 0 Å². The molecule has 0 bridgehead atoms. The van der Waals surface area contributed by atoms with Gasteiger partial charge in [-0.3, -0.25) is 0 Å². The van der Waals surface area contributed by atoms with Gasteiger partial charge >= 0.3 is 5.97 Å². The highest BCUT2D eigenvalue weighted by molar-refractivity contribution is 5.92. The molecule has 0 saturated carbocycles. The Morgan fingerprint density at radius 3 is 2.69 bits per heavy atom. The van der Waals surface area contributed by atoms with Crippen molar-refractivity contribution in [1.29, 1.82) is 0 Å². The molecule has 2 aromatic rings. The van der Waals surface area contributed by atoms with Crippen molar-refractivity contribution in [3.05, 3.63) is 53.0 Å². The number of nitrogens with zero attached hydrogens (tertiary/aromatic N) is 3.